The Labute approximate surface area is 158 Å². The third-order valence-corrected chi connectivity index (χ3v) is 4.79. The molecule has 1 atom stereocenters. The molecule has 4 rings (SSSR count). The Hall–Kier alpha value is -2.61. The van der Waals surface area contributed by atoms with Gasteiger partial charge in [0, 0.05) is 19.0 Å². The number of rotatable bonds is 4. The molecule has 2 aromatic rings. The van der Waals surface area contributed by atoms with Crippen molar-refractivity contribution >= 4 is 11.6 Å². The number of anilines is 1. The van der Waals surface area contributed by atoms with E-state index in [1.165, 1.54) is 0 Å². The van der Waals surface area contributed by atoms with Crippen LogP contribution in [0.3, 0.4) is 0 Å². The van der Waals surface area contributed by atoms with Crippen LogP contribution in [0.15, 0.2) is 28.8 Å². The first-order valence-electron chi connectivity index (χ1n) is 9.31. The predicted molar refractivity (Wildman–Crippen MR) is 97.7 cm³/mol. The molecule has 1 unspecified atom stereocenters. The standard InChI is InChI=1S/C19H24N4O4/c1-13(2)18-20-17(27-21-18)12-23-11-16(19(24)22-7-9-25-10-8-22)26-15-6-4-3-5-14(15)23/h3-6,13,16H,7-12H2,1-2H3. The number of carbonyl (C=O) groups excluding carboxylic acids is 1. The normalized spacial score (nSPS) is 19.7. The fourth-order valence-electron chi connectivity index (χ4n) is 3.30. The first-order chi connectivity index (χ1) is 13.1. The maximum Gasteiger partial charge on any atom is 0.265 e. The number of hydrogen-bond acceptors (Lipinski definition) is 7. The fourth-order valence-corrected chi connectivity index (χ4v) is 3.30. The van der Waals surface area contributed by atoms with E-state index in [2.05, 4.69) is 15.0 Å². The van der Waals surface area contributed by atoms with Crippen molar-refractivity contribution in [3.63, 3.8) is 0 Å². The van der Waals surface area contributed by atoms with E-state index in [-0.39, 0.29) is 11.8 Å². The van der Waals surface area contributed by atoms with Crippen LogP contribution in [0.4, 0.5) is 5.69 Å². The molecule has 0 radical (unpaired) electrons. The van der Waals surface area contributed by atoms with Gasteiger partial charge in [-0.25, -0.2) is 0 Å². The summed E-state index contributed by atoms with van der Waals surface area (Å²) < 4.78 is 16.8. The lowest BCUT2D eigenvalue weighted by Gasteiger charge is -2.37. The van der Waals surface area contributed by atoms with Crippen LogP contribution in [0.5, 0.6) is 5.75 Å². The topological polar surface area (TPSA) is 80.9 Å². The maximum absolute atomic E-state index is 12.9. The second-order valence-electron chi connectivity index (χ2n) is 7.09. The molecule has 27 heavy (non-hydrogen) atoms. The van der Waals surface area contributed by atoms with E-state index in [1.54, 1.807) is 0 Å². The third kappa shape index (κ3) is 3.75. The molecule has 0 spiro atoms. The fraction of sp³-hybridized carbons (Fsp3) is 0.526. The van der Waals surface area contributed by atoms with Gasteiger partial charge in [0.1, 0.15) is 5.75 Å². The molecule has 2 aliphatic rings. The summed E-state index contributed by atoms with van der Waals surface area (Å²) in [5, 5.41) is 4.03. The molecule has 8 heteroatoms. The number of nitrogens with zero attached hydrogens (tertiary/aromatic N) is 4. The van der Waals surface area contributed by atoms with Crippen LogP contribution in [0.25, 0.3) is 0 Å². The summed E-state index contributed by atoms with van der Waals surface area (Å²) >= 11 is 0. The number of carbonyl (C=O) groups is 1. The van der Waals surface area contributed by atoms with Crippen LogP contribution in [0, 0.1) is 0 Å². The molecule has 1 saturated heterocycles. The van der Waals surface area contributed by atoms with Gasteiger partial charge in [0.15, 0.2) is 11.9 Å². The summed E-state index contributed by atoms with van der Waals surface area (Å²) in [6.07, 6.45) is -0.564. The van der Waals surface area contributed by atoms with Crippen molar-refractivity contribution in [3.8, 4) is 5.75 Å². The highest BCUT2D eigenvalue weighted by atomic mass is 16.5. The Morgan fingerprint density at radius 2 is 2.04 bits per heavy atom. The van der Waals surface area contributed by atoms with Gasteiger partial charge in [-0.3, -0.25) is 4.79 Å². The summed E-state index contributed by atoms with van der Waals surface area (Å²) in [4.78, 5) is 21.3. The van der Waals surface area contributed by atoms with Crippen LogP contribution < -0.4 is 9.64 Å². The monoisotopic (exact) mass is 372 g/mol. The van der Waals surface area contributed by atoms with Gasteiger partial charge in [0.05, 0.1) is 32.0 Å². The van der Waals surface area contributed by atoms with Crippen LogP contribution in [-0.4, -0.2) is 59.9 Å². The first kappa shape index (κ1) is 17.8. The van der Waals surface area contributed by atoms with Crippen molar-refractivity contribution < 1.29 is 18.8 Å². The Kier molecular flexibility index (Phi) is 4.98. The highest BCUT2D eigenvalue weighted by Gasteiger charge is 2.34. The van der Waals surface area contributed by atoms with Crippen LogP contribution in [0.1, 0.15) is 31.5 Å². The minimum Gasteiger partial charge on any atom is -0.477 e. The summed E-state index contributed by atoms with van der Waals surface area (Å²) in [5.41, 5.74) is 0.924. The number of amides is 1. The highest BCUT2D eigenvalue weighted by molar-refractivity contribution is 5.83. The number of ether oxygens (including phenoxy) is 2. The van der Waals surface area contributed by atoms with E-state index in [0.717, 1.165) is 5.69 Å². The lowest BCUT2D eigenvalue weighted by atomic mass is 10.1. The van der Waals surface area contributed by atoms with Gasteiger partial charge in [-0.05, 0) is 12.1 Å². The zero-order valence-corrected chi connectivity index (χ0v) is 15.6. The zero-order chi connectivity index (χ0) is 18.8. The smallest absolute Gasteiger partial charge is 0.265 e. The van der Waals surface area contributed by atoms with Gasteiger partial charge in [-0.15, -0.1) is 0 Å². The Morgan fingerprint density at radius 3 is 2.78 bits per heavy atom. The lowest BCUT2D eigenvalue weighted by Crippen LogP contribution is -2.52. The lowest BCUT2D eigenvalue weighted by molar-refractivity contribution is -0.142. The van der Waals surface area contributed by atoms with Crippen LogP contribution in [0.2, 0.25) is 0 Å². The van der Waals surface area contributed by atoms with Gasteiger partial charge in [0.25, 0.3) is 5.91 Å². The van der Waals surface area contributed by atoms with Crippen molar-refractivity contribution in [2.75, 3.05) is 37.7 Å². The van der Waals surface area contributed by atoms with Gasteiger partial charge >= 0.3 is 0 Å². The van der Waals surface area contributed by atoms with E-state index in [9.17, 15) is 4.79 Å². The number of aromatic nitrogens is 2. The molecule has 144 valence electrons. The molecule has 1 amide bonds. The average molecular weight is 372 g/mol. The molecule has 0 saturated carbocycles. The zero-order valence-electron chi connectivity index (χ0n) is 15.6. The molecule has 1 aromatic carbocycles. The summed E-state index contributed by atoms with van der Waals surface area (Å²) in [7, 11) is 0. The number of para-hydroxylation sites is 2. The van der Waals surface area contributed by atoms with Crippen molar-refractivity contribution in [2.45, 2.75) is 32.4 Å². The van der Waals surface area contributed by atoms with Crippen LogP contribution in [-0.2, 0) is 16.1 Å². The number of morpholine rings is 1. The summed E-state index contributed by atoms with van der Waals surface area (Å²) in [6, 6.07) is 7.72. The minimum absolute atomic E-state index is 0.00815. The van der Waals surface area contributed by atoms with Gasteiger partial charge in [-0.2, -0.15) is 4.98 Å². The van der Waals surface area contributed by atoms with E-state index in [1.807, 2.05) is 43.0 Å². The van der Waals surface area contributed by atoms with Crippen molar-refractivity contribution in [2.24, 2.45) is 0 Å². The Morgan fingerprint density at radius 1 is 1.26 bits per heavy atom. The van der Waals surface area contributed by atoms with E-state index >= 15 is 0 Å². The van der Waals surface area contributed by atoms with Gasteiger partial charge in [0.2, 0.25) is 5.89 Å². The summed E-state index contributed by atoms with van der Waals surface area (Å²) in [5.74, 6) is 2.11. The number of fused-ring (bicyclic) bond motifs is 1. The second-order valence-corrected chi connectivity index (χ2v) is 7.09. The largest absolute Gasteiger partial charge is 0.477 e. The quantitative estimate of drug-likeness (QED) is 0.810. The maximum atomic E-state index is 12.9. The molecule has 2 aliphatic heterocycles. The van der Waals surface area contributed by atoms with Crippen molar-refractivity contribution in [3.05, 3.63) is 36.0 Å². The molecular formula is C19H24N4O4. The SMILES string of the molecule is CC(C)c1noc(CN2CC(C(=O)N3CCOCC3)Oc3ccccc32)n1. The number of hydrogen-bond donors (Lipinski definition) is 0. The molecular weight excluding hydrogens is 348 g/mol. The van der Waals surface area contributed by atoms with Gasteiger partial charge in [-0.1, -0.05) is 31.1 Å². The average Bonchev–Trinajstić information content (AvgIpc) is 3.17. The Balaban J connectivity index is 1.55. The third-order valence-electron chi connectivity index (χ3n) is 4.79. The molecule has 0 aliphatic carbocycles. The molecule has 8 nitrogen and oxygen atoms in total. The second kappa shape index (κ2) is 7.56. The molecule has 1 fully saturated rings. The first-order valence-corrected chi connectivity index (χ1v) is 9.31. The minimum atomic E-state index is -0.564. The van der Waals surface area contributed by atoms with Crippen LogP contribution >= 0.6 is 0 Å². The van der Waals surface area contributed by atoms with E-state index < -0.39 is 6.10 Å². The highest BCUT2D eigenvalue weighted by Crippen LogP contribution is 2.34. The van der Waals surface area contributed by atoms with E-state index in [4.69, 9.17) is 14.0 Å². The Bertz CT molecular complexity index is 801. The molecule has 3 heterocycles. The molecule has 1 aromatic heterocycles. The molecule has 0 bridgehead atoms. The summed E-state index contributed by atoms with van der Waals surface area (Å²) in [6.45, 7) is 7.26. The number of benzene rings is 1. The molecule has 0 N–H and O–H groups in total. The van der Waals surface area contributed by atoms with Crippen molar-refractivity contribution in [1.29, 1.82) is 0 Å². The van der Waals surface area contributed by atoms with Gasteiger partial charge < -0.3 is 23.8 Å². The predicted octanol–water partition coefficient (Wildman–Crippen LogP) is 1.82. The van der Waals surface area contributed by atoms with Crippen molar-refractivity contribution in [1.82, 2.24) is 15.0 Å². The van der Waals surface area contributed by atoms with E-state index in [0.29, 0.717) is 56.9 Å².